The standard InChI is InChI=1S/C11H14F2N4O5/c12-11(13)8(19)5(4-21-7(18)3-14)22-9(11)17-2-1-6(15)16-10(17)20/h1-2,5,8-9,19H,3-4,14H2,(H2,15,16,20)/t5-,8-,9-/m1/s1. The van der Waals surface area contributed by atoms with Crippen molar-refractivity contribution in [1.29, 1.82) is 0 Å². The van der Waals surface area contributed by atoms with E-state index in [1.807, 2.05) is 0 Å². The fraction of sp³-hybridized carbons (Fsp3) is 0.545. The minimum atomic E-state index is -3.79. The maximum Gasteiger partial charge on any atom is 0.351 e. The first-order valence-corrected chi connectivity index (χ1v) is 6.19. The summed E-state index contributed by atoms with van der Waals surface area (Å²) in [5, 5.41) is 9.62. The van der Waals surface area contributed by atoms with Gasteiger partial charge in [-0.3, -0.25) is 9.36 Å². The van der Waals surface area contributed by atoms with Gasteiger partial charge in [0.15, 0.2) is 6.10 Å². The molecule has 2 rings (SSSR count). The first kappa shape index (κ1) is 16.3. The Kier molecular flexibility index (Phi) is 4.39. The van der Waals surface area contributed by atoms with Crippen molar-refractivity contribution in [3.63, 3.8) is 0 Å². The number of rotatable bonds is 4. The average Bonchev–Trinajstić information content (AvgIpc) is 2.68. The van der Waals surface area contributed by atoms with Crippen LogP contribution >= 0.6 is 0 Å². The molecule has 1 aliphatic rings. The second kappa shape index (κ2) is 5.94. The van der Waals surface area contributed by atoms with Crippen molar-refractivity contribution in [3.8, 4) is 0 Å². The summed E-state index contributed by atoms with van der Waals surface area (Å²) in [6.07, 6.45) is -4.90. The third-order valence-corrected chi connectivity index (χ3v) is 3.06. The Bertz CT molecular complexity index is 623. The highest BCUT2D eigenvalue weighted by atomic mass is 19.3. The van der Waals surface area contributed by atoms with Crippen LogP contribution in [0.15, 0.2) is 17.1 Å². The molecule has 5 N–H and O–H groups in total. The van der Waals surface area contributed by atoms with E-state index in [4.69, 9.17) is 16.2 Å². The maximum atomic E-state index is 14.1. The average molecular weight is 320 g/mol. The summed E-state index contributed by atoms with van der Waals surface area (Å²) in [4.78, 5) is 25.9. The SMILES string of the molecule is NCC(=O)OC[C@H]1O[C@@H](n2ccc(N)nc2=O)C(F)(F)[C@@H]1O. The summed E-state index contributed by atoms with van der Waals surface area (Å²) in [5.74, 6) is -4.77. The van der Waals surface area contributed by atoms with E-state index in [-0.39, 0.29) is 5.82 Å². The molecule has 9 nitrogen and oxygen atoms in total. The number of hydrogen-bond acceptors (Lipinski definition) is 8. The Morgan fingerprint density at radius 2 is 2.27 bits per heavy atom. The Morgan fingerprint density at radius 3 is 2.86 bits per heavy atom. The second-order valence-corrected chi connectivity index (χ2v) is 4.58. The molecule has 0 amide bonds. The van der Waals surface area contributed by atoms with E-state index < -0.39 is 49.2 Å². The summed E-state index contributed by atoms with van der Waals surface area (Å²) < 4.78 is 38.2. The van der Waals surface area contributed by atoms with Crippen LogP contribution in [0.2, 0.25) is 0 Å². The van der Waals surface area contributed by atoms with Gasteiger partial charge in [-0.25, -0.2) is 4.79 Å². The second-order valence-electron chi connectivity index (χ2n) is 4.58. The van der Waals surface area contributed by atoms with E-state index in [9.17, 15) is 23.5 Å². The number of anilines is 1. The molecular formula is C11H14F2N4O5. The molecule has 22 heavy (non-hydrogen) atoms. The number of esters is 1. The summed E-state index contributed by atoms with van der Waals surface area (Å²) >= 11 is 0. The number of nitrogens with zero attached hydrogens (tertiary/aromatic N) is 2. The molecule has 0 radical (unpaired) electrons. The number of nitrogens with two attached hydrogens (primary N) is 2. The lowest BCUT2D eigenvalue weighted by molar-refractivity contribution is -0.149. The van der Waals surface area contributed by atoms with Crippen LogP contribution in [0.4, 0.5) is 14.6 Å². The molecule has 1 aliphatic heterocycles. The molecule has 2 heterocycles. The molecule has 0 saturated carbocycles. The van der Waals surface area contributed by atoms with E-state index >= 15 is 0 Å². The lowest BCUT2D eigenvalue weighted by Gasteiger charge is -2.20. The monoisotopic (exact) mass is 320 g/mol. The van der Waals surface area contributed by atoms with Crippen molar-refractivity contribution in [2.24, 2.45) is 5.73 Å². The predicted molar refractivity (Wildman–Crippen MR) is 67.8 cm³/mol. The number of aliphatic hydroxyl groups excluding tert-OH is 1. The number of halogens is 2. The molecule has 11 heteroatoms. The highest BCUT2D eigenvalue weighted by Crippen LogP contribution is 2.42. The van der Waals surface area contributed by atoms with Gasteiger partial charge in [0.1, 0.15) is 18.5 Å². The van der Waals surface area contributed by atoms with Gasteiger partial charge in [0.2, 0.25) is 6.23 Å². The van der Waals surface area contributed by atoms with Crippen LogP contribution in [0.1, 0.15) is 6.23 Å². The Hall–Kier alpha value is -2.11. The molecule has 0 unspecified atom stereocenters. The summed E-state index contributed by atoms with van der Waals surface area (Å²) in [5.41, 5.74) is 9.22. The van der Waals surface area contributed by atoms with Gasteiger partial charge in [-0.2, -0.15) is 13.8 Å². The number of aliphatic hydroxyl groups is 1. The zero-order valence-corrected chi connectivity index (χ0v) is 11.2. The smallest absolute Gasteiger partial charge is 0.351 e. The quantitative estimate of drug-likeness (QED) is 0.553. The number of aromatic nitrogens is 2. The van der Waals surface area contributed by atoms with Crippen molar-refractivity contribution in [3.05, 3.63) is 22.7 Å². The fourth-order valence-corrected chi connectivity index (χ4v) is 1.94. The highest BCUT2D eigenvalue weighted by Gasteiger charge is 2.60. The maximum absolute atomic E-state index is 14.1. The topological polar surface area (TPSA) is 143 Å². The van der Waals surface area contributed by atoms with Crippen molar-refractivity contribution < 1.29 is 28.2 Å². The van der Waals surface area contributed by atoms with Crippen LogP contribution in [0.5, 0.6) is 0 Å². The van der Waals surface area contributed by atoms with E-state index in [0.717, 1.165) is 12.3 Å². The lowest BCUT2D eigenvalue weighted by Crippen LogP contribution is -2.42. The van der Waals surface area contributed by atoms with E-state index in [2.05, 4.69) is 9.72 Å². The molecular weight excluding hydrogens is 306 g/mol. The Balaban J connectivity index is 2.22. The van der Waals surface area contributed by atoms with E-state index in [1.165, 1.54) is 0 Å². The highest BCUT2D eigenvalue weighted by molar-refractivity contribution is 5.71. The Labute approximate surface area is 122 Å². The normalized spacial score (nSPS) is 26.8. The van der Waals surface area contributed by atoms with Gasteiger partial charge >= 0.3 is 17.6 Å². The van der Waals surface area contributed by atoms with Crippen LogP contribution < -0.4 is 17.2 Å². The summed E-state index contributed by atoms with van der Waals surface area (Å²) in [6.45, 7) is -1.07. The predicted octanol–water partition coefficient (Wildman–Crippen LogP) is -1.78. The van der Waals surface area contributed by atoms with Gasteiger partial charge in [0, 0.05) is 6.20 Å². The number of carbonyl (C=O) groups is 1. The molecule has 1 aromatic rings. The minimum absolute atomic E-state index is 0.142. The number of alkyl halides is 2. The third kappa shape index (κ3) is 2.91. The van der Waals surface area contributed by atoms with Gasteiger partial charge in [0.05, 0.1) is 6.54 Å². The van der Waals surface area contributed by atoms with E-state index in [1.54, 1.807) is 0 Å². The van der Waals surface area contributed by atoms with Crippen LogP contribution in [0.3, 0.4) is 0 Å². The first-order valence-electron chi connectivity index (χ1n) is 6.19. The number of ether oxygens (including phenoxy) is 2. The number of carbonyl (C=O) groups excluding carboxylic acids is 1. The zero-order chi connectivity index (χ0) is 16.5. The van der Waals surface area contributed by atoms with Gasteiger partial charge in [-0.15, -0.1) is 0 Å². The number of nitrogen functional groups attached to an aromatic ring is 1. The van der Waals surface area contributed by atoms with Gasteiger partial charge in [-0.1, -0.05) is 0 Å². The molecule has 0 bridgehead atoms. The van der Waals surface area contributed by atoms with Crippen LogP contribution in [0, 0.1) is 0 Å². The van der Waals surface area contributed by atoms with Crippen molar-refractivity contribution in [2.45, 2.75) is 24.4 Å². The Morgan fingerprint density at radius 1 is 1.59 bits per heavy atom. The molecule has 1 aromatic heterocycles. The first-order chi connectivity index (χ1) is 10.3. The van der Waals surface area contributed by atoms with Crippen LogP contribution in [0.25, 0.3) is 0 Å². The van der Waals surface area contributed by atoms with Crippen LogP contribution in [-0.4, -0.2) is 51.9 Å². The third-order valence-electron chi connectivity index (χ3n) is 3.06. The lowest BCUT2D eigenvalue weighted by atomic mass is 10.1. The van der Waals surface area contributed by atoms with Crippen LogP contribution in [-0.2, 0) is 14.3 Å². The molecule has 3 atom stereocenters. The molecule has 0 spiro atoms. The van der Waals surface area contributed by atoms with Gasteiger partial charge in [-0.05, 0) is 6.07 Å². The summed E-state index contributed by atoms with van der Waals surface area (Å²) in [7, 11) is 0. The van der Waals surface area contributed by atoms with Gasteiger partial charge in [0.25, 0.3) is 0 Å². The van der Waals surface area contributed by atoms with Crippen molar-refractivity contribution in [2.75, 3.05) is 18.9 Å². The zero-order valence-electron chi connectivity index (χ0n) is 11.2. The molecule has 1 saturated heterocycles. The molecule has 0 aromatic carbocycles. The fourth-order valence-electron chi connectivity index (χ4n) is 1.94. The van der Waals surface area contributed by atoms with Crippen molar-refractivity contribution >= 4 is 11.8 Å². The molecule has 122 valence electrons. The van der Waals surface area contributed by atoms with Crippen molar-refractivity contribution in [1.82, 2.24) is 9.55 Å². The summed E-state index contributed by atoms with van der Waals surface area (Å²) in [6, 6.07) is 1.13. The van der Waals surface area contributed by atoms with Gasteiger partial charge < -0.3 is 26.0 Å². The largest absolute Gasteiger partial charge is 0.462 e. The minimum Gasteiger partial charge on any atom is -0.462 e. The van der Waals surface area contributed by atoms with E-state index in [0.29, 0.717) is 4.57 Å². The molecule has 0 aliphatic carbocycles. The number of hydrogen-bond donors (Lipinski definition) is 3. The molecule has 1 fully saturated rings.